The van der Waals surface area contributed by atoms with Crippen LogP contribution in [0.3, 0.4) is 0 Å². The van der Waals surface area contributed by atoms with E-state index in [1.54, 1.807) is 0 Å². The Morgan fingerprint density at radius 3 is 2.27 bits per heavy atom. The lowest BCUT2D eigenvalue weighted by molar-refractivity contribution is 0.563. The van der Waals surface area contributed by atoms with Crippen LogP contribution in [0.5, 0.6) is 0 Å². The van der Waals surface area contributed by atoms with Gasteiger partial charge in [0.1, 0.15) is 5.82 Å². The zero-order valence-electron chi connectivity index (χ0n) is 7.59. The van der Waals surface area contributed by atoms with Crippen molar-refractivity contribution >= 4 is 20.9 Å². The predicted octanol–water partition coefficient (Wildman–Crippen LogP) is 0.821. The molecule has 0 aromatic heterocycles. The lowest BCUT2D eigenvalue weighted by Crippen LogP contribution is -2.13. The Kier molecular flexibility index (Phi) is 3.95. The summed E-state index contributed by atoms with van der Waals surface area (Å²) >= 11 is -2.14. The van der Waals surface area contributed by atoms with Crippen molar-refractivity contribution in [3.63, 3.8) is 0 Å². The molecule has 1 aromatic rings. The minimum Gasteiger partial charge on any atom is -0.306 e. The Bertz CT molecular complexity index is 452. The predicted molar refractivity (Wildman–Crippen MR) is 54.1 cm³/mol. The highest BCUT2D eigenvalue weighted by Crippen LogP contribution is 2.11. The van der Waals surface area contributed by atoms with Crippen LogP contribution in [0.2, 0.25) is 0 Å². The average Bonchev–Trinajstić information content (AvgIpc) is 2.16. The third-order valence-corrected chi connectivity index (χ3v) is 4.24. The largest absolute Gasteiger partial charge is 0.306 e. The van der Waals surface area contributed by atoms with E-state index in [0.29, 0.717) is 0 Å². The molecule has 0 heterocycles. The second-order valence-corrected chi connectivity index (χ2v) is 5.96. The van der Waals surface area contributed by atoms with E-state index in [1.807, 2.05) is 0 Å². The van der Waals surface area contributed by atoms with Crippen LogP contribution < -0.4 is 0 Å². The van der Waals surface area contributed by atoms with Gasteiger partial charge >= 0.3 is 0 Å². The fourth-order valence-corrected chi connectivity index (χ4v) is 3.18. The molecule has 0 radical (unpaired) electrons. The van der Waals surface area contributed by atoms with Crippen LogP contribution in [-0.2, 0) is 20.9 Å². The first-order chi connectivity index (χ1) is 6.92. The number of hydrogen-bond acceptors (Lipinski definition) is 3. The molecular weight excluding hydrogens is 243 g/mol. The van der Waals surface area contributed by atoms with Crippen LogP contribution in [0.25, 0.3) is 0 Å². The van der Waals surface area contributed by atoms with Crippen molar-refractivity contribution in [1.29, 1.82) is 0 Å². The van der Waals surface area contributed by atoms with Crippen molar-refractivity contribution in [2.45, 2.75) is 4.90 Å². The number of sulfone groups is 1. The third kappa shape index (κ3) is 3.69. The summed E-state index contributed by atoms with van der Waals surface area (Å²) in [5.74, 6) is -1.30. The van der Waals surface area contributed by atoms with E-state index in [-0.39, 0.29) is 10.6 Å². The van der Waals surface area contributed by atoms with Crippen LogP contribution in [0.4, 0.5) is 4.39 Å². The molecule has 0 saturated carbocycles. The van der Waals surface area contributed by atoms with Gasteiger partial charge in [-0.15, -0.1) is 0 Å². The first-order valence-corrected chi connectivity index (χ1v) is 6.90. The summed E-state index contributed by atoms with van der Waals surface area (Å²) in [6.07, 6.45) is 0. The molecule has 1 N–H and O–H groups in total. The standard InChI is InChI=1S/C8H9FO4S2/c9-7-1-3-8(4-2-7)15(12,13)6-5-14(10)11/h1-4H,5-6H2,(H,10,11). The highest BCUT2D eigenvalue weighted by atomic mass is 32.2. The van der Waals surface area contributed by atoms with Gasteiger partial charge in [0.15, 0.2) is 20.9 Å². The summed E-state index contributed by atoms with van der Waals surface area (Å²) in [5.41, 5.74) is 0. The minimum atomic E-state index is -3.59. The van der Waals surface area contributed by atoms with Crippen molar-refractivity contribution in [2.24, 2.45) is 0 Å². The number of rotatable bonds is 4. The van der Waals surface area contributed by atoms with Gasteiger partial charge in [0.25, 0.3) is 0 Å². The van der Waals surface area contributed by atoms with E-state index < -0.39 is 32.5 Å². The molecule has 1 rings (SSSR count). The Labute approximate surface area is 89.3 Å². The minimum absolute atomic E-state index is 0.0469. The molecule has 0 aliphatic rings. The molecular formula is C8H9FO4S2. The van der Waals surface area contributed by atoms with Crippen molar-refractivity contribution in [3.05, 3.63) is 30.1 Å². The summed E-state index contributed by atoms with van der Waals surface area (Å²) < 4.78 is 54.2. The number of benzene rings is 1. The normalized spacial score (nSPS) is 13.7. The zero-order chi connectivity index (χ0) is 11.5. The first kappa shape index (κ1) is 12.3. The summed E-state index contributed by atoms with van der Waals surface area (Å²) in [6.45, 7) is 0. The van der Waals surface area contributed by atoms with Crippen LogP contribution in [0, 0.1) is 5.82 Å². The Balaban J connectivity index is 2.87. The van der Waals surface area contributed by atoms with Gasteiger partial charge in [-0.25, -0.2) is 17.0 Å². The highest BCUT2D eigenvalue weighted by Gasteiger charge is 2.15. The molecule has 1 aromatic carbocycles. The maximum atomic E-state index is 12.5. The molecule has 0 amide bonds. The van der Waals surface area contributed by atoms with E-state index in [9.17, 15) is 17.0 Å². The second-order valence-electron chi connectivity index (χ2n) is 2.80. The second kappa shape index (κ2) is 4.82. The van der Waals surface area contributed by atoms with Gasteiger partial charge in [0, 0.05) is 0 Å². The fourth-order valence-electron chi connectivity index (χ4n) is 0.941. The van der Waals surface area contributed by atoms with Crippen LogP contribution in [-0.4, -0.2) is 28.7 Å². The lowest BCUT2D eigenvalue weighted by Gasteiger charge is -2.02. The SMILES string of the molecule is O=S(O)CCS(=O)(=O)c1ccc(F)cc1. The van der Waals surface area contributed by atoms with E-state index in [1.165, 1.54) is 0 Å². The van der Waals surface area contributed by atoms with E-state index in [4.69, 9.17) is 4.55 Å². The molecule has 0 bridgehead atoms. The number of hydrogen-bond donors (Lipinski definition) is 1. The molecule has 84 valence electrons. The fraction of sp³-hybridized carbons (Fsp3) is 0.250. The Morgan fingerprint density at radius 2 is 1.80 bits per heavy atom. The first-order valence-electron chi connectivity index (χ1n) is 3.97. The molecule has 0 saturated heterocycles. The smallest absolute Gasteiger partial charge is 0.179 e. The van der Waals surface area contributed by atoms with Gasteiger partial charge in [-0.1, -0.05) is 0 Å². The highest BCUT2D eigenvalue weighted by molar-refractivity contribution is 7.92. The topological polar surface area (TPSA) is 71.4 Å². The molecule has 0 fully saturated rings. The lowest BCUT2D eigenvalue weighted by atomic mass is 10.4. The summed E-state index contributed by atoms with van der Waals surface area (Å²) in [5, 5.41) is 0. The summed E-state index contributed by atoms with van der Waals surface area (Å²) in [7, 11) is -3.59. The van der Waals surface area contributed by atoms with Crippen molar-refractivity contribution in [3.8, 4) is 0 Å². The number of halogens is 1. The van der Waals surface area contributed by atoms with E-state index in [0.717, 1.165) is 24.3 Å². The maximum Gasteiger partial charge on any atom is 0.179 e. The van der Waals surface area contributed by atoms with Gasteiger partial charge in [0.2, 0.25) is 0 Å². The molecule has 0 aliphatic heterocycles. The van der Waals surface area contributed by atoms with Gasteiger partial charge < -0.3 is 4.55 Å². The van der Waals surface area contributed by atoms with Crippen molar-refractivity contribution in [2.75, 3.05) is 11.5 Å². The molecule has 4 nitrogen and oxygen atoms in total. The van der Waals surface area contributed by atoms with Gasteiger partial charge in [-0.3, -0.25) is 0 Å². The molecule has 1 atom stereocenters. The molecule has 15 heavy (non-hydrogen) atoms. The van der Waals surface area contributed by atoms with Crippen molar-refractivity contribution < 1.29 is 21.6 Å². The maximum absolute atomic E-state index is 12.5. The molecule has 1 unspecified atom stereocenters. The van der Waals surface area contributed by atoms with E-state index >= 15 is 0 Å². The average molecular weight is 252 g/mol. The summed E-state index contributed by atoms with van der Waals surface area (Å²) in [6, 6.07) is 4.32. The van der Waals surface area contributed by atoms with Gasteiger partial charge in [-0.05, 0) is 24.3 Å². The zero-order valence-corrected chi connectivity index (χ0v) is 9.22. The van der Waals surface area contributed by atoms with Gasteiger partial charge in [-0.2, -0.15) is 0 Å². The van der Waals surface area contributed by atoms with Crippen LogP contribution in [0.1, 0.15) is 0 Å². The Morgan fingerprint density at radius 1 is 1.27 bits per heavy atom. The molecule has 7 heteroatoms. The van der Waals surface area contributed by atoms with E-state index in [2.05, 4.69) is 0 Å². The monoisotopic (exact) mass is 252 g/mol. The van der Waals surface area contributed by atoms with Crippen LogP contribution in [0.15, 0.2) is 29.2 Å². The van der Waals surface area contributed by atoms with Crippen molar-refractivity contribution in [1.82, 2.24) is 0 Å². The third-order valence-electron chi connectivity index (χ3n) is 1.70. The quantitative estimate of drug-likeness (QED) is 0.636. The molecule has 0 spiro atoms. The summed E-state index contributed by atoms with van der Waals surface area (Å²) in [4.78, 5) is -0.0469. The van der Waals surface area contributed by atoms with Crippen LogP contribution >= 0.6 is 0 Å². The Hall–Kier alpha value is -0.790. The van der Waals surface area contributed by atoms with Gasteiger partial charge in [0.05, 0.1) is 16.4 Å². The molecule has 0 aliphatic carbocycles.